The van der Waals surface area contributed by atoms with Crippen LogP contribution >= 0.6 is 0 Å². The van der Waals surface area contributed by atoms with Crippen molar-refractivity contribution in [3.8, 4) is 0 Å². The van der Waals surface area contributed by atoms with E-state index in [0.29, 0.717) is 0 Å². The van der Waals surface area contributed by atoms with Gasteiger partial charge in [0.15, 0.2) is 0 Å². The van der Waals surface area contributed by atoms with Crippen LogP contribution in [-0.4, -0.2) is 11.1 Å². The molecule has 0 saturated heterocycles. The normalized spacial score (nSPS) is 17.8. The maximum absolute atomic E-state index is 6.23. The number of hydrogen-bond acceptors (Lipinski definition) is 3. The number of allylic oxidation sites excluding steroid dienone is 8. The van der Waals surface area contributed by atoms with Crippen LogP contribution in [0.25, 0.3) is 39.7 Å². The number of aromatic nitrogens is 1. The van der Waals surface area contributed by atoms with Crippen LogP contribution in [0, 0.1) is 5.92 Å². The summed E-state index contributed by atoms with van der Waals surface area (Å²) in [5.41, 5.74) is 19.4. The first-order valence-corrected chi connectivity index (χ1v) is 16.0. The van der Waals surface area contributed by atoms with E-state index in [9.17, 15) is 0 Å². The first kappa shape index (κ1) is 27.8. The molecule has 4 heteroatoms. The topological polar surface area (TPSA) is 46.2 Å². The maximum atomic E-state index is 6.23. The Kier molecular flexibility index (Phi) is 7.03. The lowest BCUT2D eigenvalue weighted by Gasteiger charge is -2.28. The van der Waals surface area contributed by atoms with E-state index in [1.54, 1.807) is 6.20 Å². The standard InChI is InChI=1S/C42H36N4/c1-2-11-30(27-43)32-24-33(31-13-10-23-44-28-31)26-35(25-32)46-39-18-9-7-16-36(39)42-37-20-19-29-12-6-8-17-38(29)45(34-14-4-3-5-15-34)40(37)21-22-41(42)46/h2-23,25-27,32,44H,24,28,43H2,1H3/b11-2-,30-27+. The summed E-state index contributed by atoms with van der Waals surface area (Å²) >= 11 is 0. The van der Waals surface area contributed by atoms with Gasteiger partial charge in [-0.05, 0) is 96.6 Å². The number of benzene rings is 4. The van der Waals surface area contributed by atoms with Crippen molar-refractivity contribution >= 4 is 56.7 Å². The summed E-state index contributed by atoms with van der Waals surface area (Å²) < 4.78 is 2.45. The molecule has 46 heavy (non-hydrogen) atoms. The average Bonchev–Trinajstić information content (AvgIpc) is 3.36. The van der Waals surface area contributed by atoms with Crippen LogP contribution in [0.4, 0.5) is 17.1 Å². The fourth-order valence-electron chi connectivity index (χ4n) is 7.25. The first-order valence-electron chi connectivity index (χ1n) is 16.0. The molecule has 0 spiro atoms. The van der Waals surface area contributed by atoms with Gasteiger partial charge in [0.2, 0.25) is 0 Å². The Hall–Kier alpha value is -5.74. The number of para-hydroxylation sites is 3. The molecule has 3 N–H and O–H groups in total. The van der Waals surface area contributed by atoms with Crippen LogP contribution in [0.15, 0.2) is 157 Å². The van der Waals surface area contributed by atoms with Gasteiger partial charge in [-0.2, -0.15) is 0 Å². The van der Waals surface area contributed by atoms with Crippen LogP contribution in [0.1, 0.15) is 24.5 Å². The summed E-state index contributed by atoms with van der Waals surface area (Å²) in [6.45, 7) is 2.87. The van der Waals surface area contributed by atoms with Crippen molar-refractivity contribution in [2.75, 3.05) is 11.4 Å². The fraction of sp³-hybridized carbons (Fsp3) is 0.0952. The van der Waals surface area contributed by atoms with Crippen molar-refractivity contribution in [2.24, 2.45) is 11.7 Å². The minimum atomic E-state index is 0.156. The molecule has 0 fully saturated rings. The van der Waals surface area contributed by atoms with Gasteiger partial charge in [0.1, 0.15) is 0 Å². The summed E-state index contributed by atoms with van der Waals surface area (Å²) in [5.74, 6) is 0.156. The molecule has 1 unspecified atom stereocenters. The van der Waals surface area contributed by atoms with Gasteiger partial charge in [-0.25, -0.2) is 0 Å². The van der Waals surface area contributed by atoms with E-state index in [4.69, 9.17) is 5.73 Å². The van der Waals surface area contributed by atoms with Gasteiger partial charge in [0.05, 0.1) is 22.4 Å². The van der Waals surface area contributed by atoms with Crippen LogP contribution in [0.2, 0.25) is 0 Å². The molecule has 2 aliphatic heterocycles. The molecule has 224 valence electrons. The van der Waals surface area contributed by atoms with E-state index in [1.807, 2.05) is 6.20 Å². The molecule has 1 aromatic heterocycles. The number of fused-ring (bicyclic) bond motifs is 6. The second-order valence-corrected chi connectivity index (χ2v) is 12.0. The summed E-state index contributed by atoms with van der Waals surface area (Å²) in [7, 11) is 0. The monoisotopic (exact) mass is 596 g/mol. The third kappa shape index (κ3) is 4.62. The second-order valence-electron chi connectivity index (χ2n) is 12.0. The Morgan fingerprint density at radius 2 is 1.67 bits per heavy atom. The molecule has 3 heterocycles. The number of hydrogen-bond donors (Lipinski definition) is 2. The molecule has 0 radical (unpaired) electrons. The van der Waals surface area contributed by atoms with Crippen molar-refractivity contribution in [3.05, 3.63) is 168 Å². The molecule has 3 aliphatic rings. The first-order chi connectivity index (χ1) is 22.7. The Morgan fingerprint density at radius 1 is 0.848 bits per heavy atom. The van der Waals surface area contributed by atoms with E-state index >= 15 is 0 Å². The van der Waals surface area contributed by atoms with Crippen molar-refractivity contribution in [3.63, 3.8) is 0 Å². The lowest BCUT2D eigenvalue weighted by molar-refractivity contribution is 0.742. The predicted octanol–water partition coefficient (Wildman–Crippen LogP) is 10.00. The fourth-order valence-corrected chi connectivity index (χ4v) is 7.25. The summed E-state index contributed by atoms with van der Waals surface area (Å²) in [6.07, 6.45) is 22.6. The zero-order valence-electron chi connectivity index (χ0n) is 25.9. The Balaban J connectivity index is 1.40. The minimum Gasteiger partial charge on any atom is -0.404 e. The van der Waals surface area contributed by atoms with E-state index in [2.05, 4.69) is 161 Å². The summed E-state index contributed by atoms with van der Waals surface area (Å²) in [4.78, 5) is 2.40. The zero-order chi connectivity index (χ0) is 31.0. The second kappa shape index (κ2) is 11.6. The van der Waals surface area contributed by atoms with Crippen molar-refractivity contribution in [2.45, 2.75) is 13.3 Å². The summed E-state index contributed by atoms with van der Waals surface area (Å²) in [6, 6.07) is 32.7. The minimum absolute atomic E-state index is 0.156. The maximum Gasteiger partial charge on any atom is 0.0548 e. The van der Waals surface area contributed by atoms with Crippen molar-refractivity contribution in [1.29, 1.82) is 0 Å². The van der Waals surface area contributed by atoms with Gasteiger partial charge in [0, 0.05) is 40.2 Å². The van der Waals surface area contributed by atoms with Crippen LogP contribution < -0.4 is 16.0 Å². The SMILES string of the molecule is C/C=C\C(=C/N)C1C=C(n2c3ccccc3c3c4c(ccc32)N(c2ccccc2)c2ccccc2C=C4)C=C(C2=CC=CNC2)C1. The lowest BCUT2D eigenvalue weighted by Crippen LogP contribution is -2.18. The average molecular weight is 597 g/mol. The Labute approximate surface area is 270 Å². The predicted molar refractivity (Wildman–Crippen MR) is 196 cm³/mol. The molecule has 0 bridgehead atoms. The quantitative estimate of drug-likeness (QED) is 0.195. The van der Waals surface area contributed by atoms with E-state index in [1.165, 1.54) is 55.5 Å². The molecule has 5 aromatic rings. The highest BCUT2D eigenvalue weighted by atomic mass is 15.1. The number of nitrogens with one attached hydrogen (secondary N) is 1. The van der Waals surface area contributed by atoms with Gasteiger partial charge < -0.3 is 20.5 Å². The number of nitrogens with two attached hydrogens (primary N) is 1. The number of anilines is 3. The third-order valence-electron chi connectivity index (χ3n) is 9.31. The zero-order valence-corrected chi connectivity index (χ0v) is 25.9. The van der Waals surface area contributed by atoms with Gasteiger partial charge >= 0.3 is 0 Å². The van der Waals surface area contributed by atoms with E-state index in [0.717, 1.165) is 29.9 Å². The number of nitrogens with zero attached hydrogens (tertiary/aromatic N) is 2. The van der Waals surface area contributed by atoms with Gasteiger partial charge in [0.25, 0.3) is 0 Å². The molecule has 4 nitrogen and oxygen atoms in total. The largest absolute Gasteiger partial charge is 0.404 e. The van der Waals surface area contributed by atoms with Crippen LogP contribution in [-0.2, 0) is 0 Å². The highest BCUT2D eigenvalue weighted by Gasteiger charge is 2.26. The highest BCUT2D eigenvalue weighted by Crippen LogP contribution is 2.47. The van der Waals surface area contributed by atoms with E-state index < -0.39 is 0 Å². The van der Waals surface area contributed by atoms with Crippen molar-refractivity contribution < 1.29 is 0 Å². The molecule has 1 aliphatic carbocycles. The molecule has 8 rings (SSSR count). The van der Waals surface area contributed by atoms with E-state index in [-0.39, 0.29) is 5.92 Å². The molecule has 4 aromatic carbocycles. The van der Waals surface area contributed by atoms with Gasteiger partial charge in [-0.3, -0.25) is 0 Å². The Bertz CT molecular complexity index is 2200. The highest BCUT2D eigenvalue weighted by molar-refractivity contribution is 6.17. The number of dihydropyridines is 1. The molecule has 0 saturated carbocycles. The van der Waals surface area contributed by atoms with Gasteiger partial charge in [-0.15, -0.1) is 0 Å². The van der Waals surface area contributed by atoms with Crippen molar-refractivity contribution in [1.82, 2.24) is 9.88 Å². The molecule has 1 atom stereocenters. The van der Waals surface area contributed by atoms with Crippen LogP contribution in [0.3, 0.4) is 0 Å². The third-order valence-corrected chi connectivity index (χ3v) is 9.31. The smallest absolute Gasteiger partial charge is 0.0548 e. The Morgan fingerprint density at radius 3 is 2.50 bits per heavy atom. The molecular formula is C42H36N4. The molecular weight excluding hydrogens is 560 g/mol. The molecule has 0 amide bonds. The summed E-state index contributed by atoms with van der Waals surface area (Å²) in [5, 5.41) is 5.90. The lowest BCUT2D eigenvalue weighted by atomic mass is 9.83. The van der Waals surface area contributed by atoms with Crippen LogP contribution in [0.5, 0.6) is 0 Å². The van der Waals surface area contributed by atoms with Gasteiger partial charge in [-0.1, -0.05) is 91.1 Å². The number of rotatable bonds is 5.